The zero-order valence-corrected chi connectivity index (χ0v) is 22.9. The molecule has 0 N–H and O–H groups in total. The van der Waals surface area contributed by atoms with Crippen LogP contribution < -0.4 is 42.3 Å². The first kappa shape index (κ1) is 23.1. The summed E-state index contributed by atoms with van der Waals surface area (Å²) in [6, 6.07) is 47.6. The van der Waals surface area contributed by atoms with Gasteiger partial charge in [-0.25, -0.2) is 0 Å². The molecule has 0 amide bonds. The van der Waals surface area contributed by atoms with E-state index in [2.05, 4.69) is 121 Å². The van der Waals surface area contributed by atoms with Gasteiger partial charge in [0.2, 0.25) is 6.71 Å². The Hall–Kier alpha value is -4.60. The van der Waals surface area contributed by atoms with Crippen LogP contribution in [0.2, 0.25) is 0 Å². The van der Waals surface area contributed by atoms with E-state index in [9.17, 15) is 0 Å². The summed E-state index contributed by atoms with van der Waals surface area (Å²) in [6.07, 6.45) is 0. The van der Waals surface area contributed by atoms with Crippen LogP contribution in [-0.4, -0.2) is 13.4 Å². The average Bonchev–Trinajstić information content (AvgIpc) is 3.03. The first-order valence-electron chi connectivity index (χ1n) is 14.0. The Morgan fingerprint density at radius 1 is 0.415 bits per heavy atom. The molecule has 0 bridgehead atoms. The summed E-state index contributed by atoms with van der Waals surface area (Å²) in [5.41, 5.74) is 9.72. The van der Waals surface area contributed by atoms with Crippen LogP contribution in [0.4, 0.5) is 0 Å². The van der Waals surface area contributed by atoms with Crippen LogP contribution >= 0.6 is 11.8 Å². The first-order chi connectivity index (χ1) is 20.3. The maximum Gasteiger partial charge on any atom is 0.260 e. The fourth-order valence-corrected chi connectivity index (χ4v) is 7.94. The van der Waals surface area contributed by atoms with Crippen LogP contribution in [0.1, 0.15) is 0 Å². The third-order valence-electron chi connectivity index (χ3n) is 8.56. The smallest absolute Gasteiger partial charge is 0.260 e. The van der Waals surface area contributed by atoms with E-state index >= 15 is 0 Å². The quantitative estimate of drug-likeness (QED) is 0.286. The molecule has 0 aromatic heterocycles. The van der Waals surface area contributed by atoms with Gasteiger partial charge in [-0.2, -0.15) is 0 Å². The molecule has 5 heteroatoms. The van der Waals surface area contributed by atoms with E-state index < -0.39 is 0 Å². The van der Waals surface area contributed by atoms with Gasteiger partial charge in [0.1, 0.15) is 23.0 Å². The van der Waals surface area contributed by atoms with Crippen molar-refractivity contribution >= 4 is 58.0 Å². The molecule has 0 saturated heterocycles. The Labute approximate surface area is 244 Å². The summed E-state index contributed by atoms with van der Waals surface area (Å²) in [6.45, 7) is 0.205. The van der Waals surface area contributed by atoms with E-state index in [1.54, 1.807) is 0 Å². The van der Waals surface area contributed by atoms with E-state index in [1.807, 2.05) is 23.9 Å². The zero-order chi connectivity index (χ0) is 26.9. The first-order valence-corrected chi connectivity index (χ1v) is 14.8. The Morgan fingerprint density at radius 3 is 1.46 bits per heavy atom. The van der Waals surface area contributed by atoms with Crippen molar-refractivity contribution < 1.29 is 9.47 Å². The largest absolute Gasteiger partial charge is 0.458 e. The Balaban J connectivity index is 1.26. The van der Waals surface area contributed by atoms with Gasteiger partial charge in [0.15, 0.2) is 0 Å². The van der Waals surface area contributed by atoms with E-state index in [-0.39, 0.29) is 13.4 Å². The molecule has 2 nitrogen and oxygen atoms in total. The molecular weight excluding hydrogens is 518 g/mol. The molecule has 0 radical (unpaired) electrons. The highest BCUT2D eigenvalue weighted by Crippen LogP contribution is 2.38. The third-order valence-corrected chi connectivity index (χ3v) is 9.74. The van der Waals surface area contributed by atoms with Crippen LogP contribution in [0, 0.1) is 0 Å². The van der Waals surface area contributed by atoms with Gasteiger partial charge in [-0.1, -0.05) is 125 Å². The van der Waals surface area contributed by atoms with Crippen molar-refractivity contribution in [2.24, 2.45) is 0 Å². The van der Waals surface area contributed by atoms with E-state index in [4.69, 9.17) is 9.47 Å². The predicted molar refractivity (Wildman–Crippen MR) is 171 cm³/mol. The molecule has 0 atom stereocenters. The third kappa shape index (κ3) is 3.49. The fraction of sp³-hybridized carbons (Fsp3) is 0. The molecular formula is C36H22B2O2S. The lowest BCUT2D eigenvalue weighted by Crippen LogP contribution is -2.57. The molecule has 190 valence electrons. The molecule has 0 fully saturated rings. The van der Waals surface area contributed by atoms with Gasteiger partial charge in [0.25, 0.3) is 6.71 Å². The lowest BCUT2D eigenvalue weighted by atomic mass is 9.34. The van der Waals surface area contributed by atoms with Crippen LogP contribution in [0.3, 0.4) is 0 Å². The number of hydrogen-bond donors (Lipinski definition) is 0. The number of benzene rings is 6. The molecule has 41 heavy (non-hydrogen) atoms. The number of rotatable bonds is 2. The predicted octanol–water partition coefficient (Wildman–Crippen LogP) is 5.06. The van der Waals surface area contributed by atoms with Crippen molar-refractivity contribution in [2.75, 3.05) is 0 Å². The summed E-state index contributed by atoms with van der Waals surface area (Å²) < 4.78 is 13.2. The molecule has 0 spiro atoms. The van der Waals surface area contributed by atoms with Crippen LogP contribution in [0.25, 0.3) is 11.1 Å². The molecule has 9 rings (SSSR count). The van der Waals surface area contributed by atoms with Gasteiger partial charge in [0.05, 0.1) is 0 Å². The minimum absolute atomic E-state index is 0.0771. The average molecular weight is 540 g/mol. The van der Waals surface area contributed by atoms with Crippen molar-refractivity contribution in [2.45, 2.75) is 9.79 Å². The van der Waals surface area contributed by atoms with Gasteiger partial charge >= 0.3 is 0 Å². The molecule has 3 aliphatic rings. The van der Waals surface area contributed by atoms with Gasteiger partial charge in [-0.15, -0.1) is 0 Å². The highest BCUT2D eigenvalue weighted by molar-refractivity contribution is 8.00. The van der Waals surface area contributed by atoms with Gasteiger partial charge in [-0.3, -0.25) is 0 Å². The normalized spacial score (nSPS) is 13.6. The topological polar surface area (TPSA) is 18.5 Å². The zero-order valence-electron chi connectivity index (χ0n) is 22.1. The molecule has 0 saturated carbocycles. The summed E-state index contributed by atoms with van der Waals surface area (Å²) in [5.74, 6) is 3.55. The molecule has 6 aromatic rings. The van der Waals surface area contributed by atoms with Crippen molar-refractivity contribution in [1.82, 2.24) is 0 Å². The van der Waals surface area contributed by atoms with Crippen LogP contribution in [-0.2, 0) is 0 Å². The molecule has 3 heterocycles. The summed E-state index contributed by atoms with van der Waals surface area (Å²) in [5, 5.41) is 0. The van der Waals surface area contributed by atoms with Gasteiger partial charge < -0.3 is 9.47 Å². The monoisotopic (exact) mass is 540 g/mol. The summed E-state index contributed by atoms with van der Waals surface area (Å²) >= 11 is 1.86. The highest BCUT2D eigenvalue weighted by atomic mass is 32.2. The molecule has 0 unspecified atom stereocenters. The van der Waals surface area contributed by atoms with Crippen molar-refractivity contribution in [1.29, 1.82) is 0 Å². The second-order valence-corrected chi connectivity index (χ2v) is 11.9. The summed E-state index contributed by atoms with van der Waals surface area (Å²) in [4.78, 5) is 2.63. The number of ether oxygens (including phenoxy) is 2. The van der Waals surface area contributed by atoms with Crippen LogP contribution in [0.15, 0.2) is 143 Å². The fourth-order valence-electron chi connectivity index (χ4n) is 6.81. The van der Waals surface area contributed by atoms with E-state index in [0.29, 0.717) is 0 Å². The molecule has 3 aliphatic heterocycles. The Bertz CT molecular complexity index is 1900. The lowest BCUT2D eigenvalue weighted by molar-refractivity contribution is 0.465. The van der Waals surface area contributed by atoms with Crippen molar-refractivity contribution in [3.63, 3.8) is 0 Å². The van der Waals surface area contributed by atoms with Crippen LogP contribution in [0.5, 0.6) is 23.0 Å². The SMILES string of the molecule is c1ccc2c(c1)Oc1cc(-c3ccccc3B3c4ccccc4Sc4ccccc43)cc3c1B2c1ccccc1O3. The highest BCUT2D eigenvalue weighted by Gasteiger charge is 2.40. The minimum atomic E-state index is 0.0771. The maximum atomic E-state index is 6.62. The second-order valence-electron chi connectivity index (χ2n) is 10.8. The minimum Gasteiger partial charge on any atom is -0.458 e. The van der Waals surface area contributed by atoms with Crippen molar-refractivity contribution in [3.8, 4) is 34.1 Å². The standard InChI is InChI=1S/C36H22B2O2S/c1-2-12-25(37-28-15-5-9-19-34(28)41-35-20-10-6-16-29(35)37)24(11-1)23-21-32-36-33(22-23)40-31-18-8-4-14-27(31)38(36)26-13-3-7-17-30(26)39-32/h1-22H. The van der Waals surface area contributed by atoms with Crippen molar-refractivity contribution in [3.05, 3.63) is 133 Å². The molecule has 6 aromatic carbocycles. The maximum absolute atomic E-state index is 6.62. The van der Waals surface area contributed by atoms with Gasteiger partial charge in [0, 0.05) is 15.3 Å². The Morgan fingerprint density at radius 2 is 0.878 bits per heavy atom. The molecule has 0 aliphatic carbocycles. The van der Waals surface area contributed by atoms with Gasteiger partial charge in [-0.05, 0) is 58.5 Å². The number of para-hydroxylation sites is 2. The number of hydrogen-bond acceptors (Lipinski definition) is 3. The number of fused-ring (bicyclic) bond motifs is 6. The van der Waals surface area contributed by atoms with E-state index in [1.165, 1.54) is 42.7 Å². The van der Waals surface area contributed by atoms with E-state index in [0.717, 1.165) is 34.0 Å². The Kier molecular flexibility index (Phi) is 5.05. The summed E-state index contributed by atoms with van der Waals surface area (Å²) in [7, 11) is 0. The lowest BCUT2D eigenvalue weighted by Gasteiger charge is -2.33. The second kappa shape index (κ2) is 8.95.